The lowest BCUT2D eigenvalue weighted by atomic mass is 9.81. The Bertz CT molecular complexity index is 2090. The minimum absolute atomic E-state index is 0.0108. The fourth-order valence-corrected chi connectivity index (χ4v) is 6.56. The van der Waals surface area contributed by atoms with E-state index in [-0.39, 0.29) is 5.41 Å². The van der Waals surface area contributed by atoms with Crippen LogP contribution < -0.4 is 0 Å². The molecule has 0 atom stereocenters. The van der Waals surface area contributed by atoms with Gasteiger partial charge in [0, 0.05) is 23.4 Å². The van der Waals surface area contributed by atoms with E-state index in [0.717, 1.165) is 45.0 Å². The van der Waals surface area contributed by atoms with Gasteiger partial charge in [0.1, 0.15) is 0 Å². The molecule has 8 rings (SSSR count). The number of aromatic nitrogens is 3. The Hall–Kier alpha value is -5.67. The number of hydrogen-bond donors (Lipinski definition) is 0. The van der Waals surface area contributed by atoms with Gasteiger partial charge < -0.3 is 0 Å². The summed E-state index contributed by atoms with van der Waals surface area (Å²) in [5, 5.41) is 0. The van der Waals surface area contributed by atoms with E-state index in [2.05, 4.69) is 134 Å². The molecule has 0 N–H and O–H groups in total. The second-order valence-electron chi connectivity index (χ2n) is 12.1. The zero-order valence-corrected chi connectivity index (χ0v) is 25.3. The quantitative estimate of drug-likeness (QED) is 0.204. The molecule has 3 heterocycles. The Balaban J connectivity index is 1.09. The molecule has 0 saturated carbocycles. The molecule has 0 amide bonds. The average molecular weight is 578 g/mol. The van der Waals surface area contributed by atoms with Crippen molar-refractivity contribution < 1.29 is 0 Å². The molecule has 45 heavy (non-hydrogen) atoms. The molecule has 7 aromatic rings. The number of fused-ring (bicyclic) bond motifs is 3. The largest absolute Gasteiger partial charge is 0.255 e. The lowest BCUT2D eigenvalue weighted by molar-refractivity contribution is 0.660. The summed E-state index contributed by atoms with van der Waals surface area (Å²) in [6, 6.07) is 49.1. The van der Waals surface area contributed by atoms with E-state index < -0.39 is 0 Å². The van der Waals surface area contributed by atoms with Gasteiger partial charge in [0.15, 0.2) is 0 Å². The third-order valence-electron chi connectivity index (χ3n) is 9.02. The first kappa shape index (κ1) is 26.9. The van der Waals surface area contributed by atoms with Crippen molar-refractivity contribution in [2.75, 3.05) is 0 Å². The molecule has 0 bridgehead atoms. The van der Waals surface area contributed by atoms with Crippen molar-refractivity contribution in [3.8, 4) is 67.3 Å². The zero-order valence-electron chi connectivity index (χ0n) is 25.3. The second kappa shape index (κ2) is 10.8. The molecule has 0 fully saturated rings. The number of benzene rings is 4. The Morgan fingerprint density at radius 2 is 1.00 bits per heavy atom. The van der Waals surface area contributed by atoms with E-state index in [9.17, 15) is 0 Å². The van der Waals surface area contributed by atoms with Gasteiger partial charge in [-0.2, -0.15) is 0 Å². The van der Waals surface area contributed by atoms with Crippen molar-refractivity contribution in [1.29, 1.82) is 0 Å². The van der Waals surface area contributed by atoms with Crippen LogP contribution in [-0.4, -0.2) is 15.0 Å². The third-order valence-corrected chi connectivity index (χ3v) is 9.02. The lowest BCUT2D eigenvalue weighted by Gasteiger charge is -2.22. The van der Waals surface area contributed by atoms with Gasteiger partial charge in [-0.05, 0) is 86.5 Å². The first-order valence-corrected chi connectivity index (χ1v) is 15.4. The standard InChI is InChI=1S/C42H31N3/c1-42(2)36-13-7-6-12-34(36)35-21-19-31(24-37(35)42)29-15-17-30(18-16-29)32-20-22-39(44-27-32)41-26-33(28-10-4-3-5-11-28)25-40(45-41)38-14-8-9-23-43-38/h3-27H,1-2H3. The highest BCUT2D eigenvalue weighted by Crippen LogP contribution is 2.49. The fraction of sp³-hybridized carbons (Fsp3) is 0.0714. The van der Waals surface area contributed by atoms with Crippen LogP contribution in [0.25, 0.3) is 67.3 Å². The summed E-state index contributed by atoms with van der Waals surface area (Å²) in [6.07, 6.45) is 3.74. The Morgan fingerprint density at radius 3 is 1.71 bits per heavy atom. The van der Waals surface area contributed by atoms with Crippen LogP contribution in [0.15, 0.2) is 152 Å². The van der Waals surface area contributed by atoms with E-state index in [4.69, 9.17) is 9.97 Å². The maximum Gasteiger partial charge on any atom is 0.0900 e. The molecule has 3 aromatic heterocycles. The van der Waals surface area contributed by atoms with Gasteiger partial charge in [-0.1, -0.05) is 117 Å². The third kappa shape index (κ3) is 4.83. The molecule has 0 spiro atoms. The second-order valence-corrected chi connectivity index (χ2v) is 12.1. The van der Waals surface area contributed by atoms with Gasteiger partial charge in [0.25, 0.3) is 0 Å². The molecule has 214 valence electrons. The fourth-order valence-electron chi connectivity index (χ4n) is 6.56. The molecule has 1 aliphatic rings. The van der Waals surface area contributed by atoms with Crippen LogP contribution in [0.2, 0.25) is 0 Å². The lowest BCUT2D eigenvalue weighted by Crippen LogP contribution is -2.14. The van der Waals surface area contributed by atoms with Gasteiger partial charge in [0.05, 0.1) is 22.8 Å². The van der Waals surface area contributed by atoms with Crippen molar-refractivity contribution in [1.82, 2.24) is 15.0 Å². The summed E-state index contributed by atoms with van der Waals surface area (Å²) < 4.78 is 0. The van der Waals surface area contributed by atoms with Crippen molar-refractivity contribution in [3.63, 3.8) is 0 Å². The SMILES string of the molecule is CC1(C)c2ccccc2-c2ccc(-c3ccc(-c4ccc(-c5cc(-c6ccccc6)cc(-c6ccccn6)n5)nc4)cc3)cc21. The van der Waals surface area contributed by atoms with Gasteiger partial charge in [0.2, 0.25) is 0 Å². The minimum Gasteiger partial charge on any atom is -0.255 e. The average Bonchev–Trinajstić information content (AvgIpc) is 3.34. The predicted molar refractivity (Wildman–Crippen MR) is 185 cm³/mol. The predicted octanol–water partition coefficient (Wildman–Crippen LogP) is 10.5. The summed E-state index contributed by atoms with van der Waals surface area (Å²) in [7, 11) is 0. The van der Waals surface area contributed by atoms with Crippen LogP contribution in [0.1, 0.15) is 25.0 Å². The maximum absolute atomic E-state index is 4.97. The van der Waals surface area contributed by atoms with Gasteiger partial charge in [-0.3, -0.25) is 9.97 Å². The van der Waals surface area contributed by atoms with Crippen LogP contribution in [0.4, 0.5) is 0 Å². The number of hydrogen-bond acceptors (Lipinski definition) is 3. The van der Waals surface area contributed by atoms with Crippen molar-refractivity contribution in [2.45, 2.75) is 19.3 Å². The number of pyridine rings is 3. The normalized spacial score (nSPS) is 12.8. The van der Waals surface area contributed by atoms with Crippen LogP contribution >= 0.6 is 0 Å². The summed E-state index contributed by atoms with van der Waals surface area (Å²) in [6.45, 7) is 4.65. The molecular weight excluding hydrogens is 546 g/mol. The first-order valence-electron chi connectivity index (χ1n) is 15.4. The van der Waals surface area contributed by atoms with Crippen molar-refractivity contribution in [2.24, 2.45) is 0 Å². The minimum atomic E-state index is -0.0108. The molecule has 0 radical (unpaired) electrons. The first-order chi connectivity index (χ1) is 22.0. The molecule has 0 aliphatic heterocycles. The Morgan fingerprint density at radius 1 is 0.400 bits per heavy atom. The Kier molecular flexibility index (Phi) is 6.46. The van der Waals surface area contributed by atoms with E-state index >= 15 is 0 Å². The van der Waals surface area contributed by atoms with Crippen molar-refractivity contribution >= 4 is 0 Å². The van der Waals surface area contributed by atoms with E-state index in [1.165, 1.54) is 33.4 Å². The smallest absolute Gasteiger partial charge is 0.0900 e. The number of rotatable bonds is 5. The van der Waals surface area contributed by atoms with Gasteiger partial charge in [-0.25, -0.2) is 4.98 Å². The maximum atomic E-state index is 4.97. The molecule has 4 aromatic carbocycles. The van der Waals surface area contributed by atoms with Crippen LogP contribution in [0, 0.1) is 0 Å². The molecular formula is C42H31N3. The zero-order chi connectivity index (χ0) is 30.4. The number of nitrogens with zero attached hydrogens (tertiary/aromatic N) is 3. The molecule has 0 unspecified atom stereocenters. The highest BCUT2D eigenvalue weighted by Gasteiger charge is 2.35. The summed E-state index contributed by atoms with van der Waals surface area (Å²) in [5.74, 6) is 0. The highest BCUT2D eigenvalue weighted by molar-refractivity contribution is 5.84. The summed E-state index contributed by atoms with van der Waals surface area (Å²) in [5.41, 5.74) is 15.7. The summed E-state index contributed by atoms with van der Waals surface area (Å²) in [4.78, 5) is 14.4. The van der Waals surface area contributed by atoms with Gasteiger partial charge >= 0.3 is 0 Å². The molecule has 0 saturated heterocycles. The monoisotopic (exact) mass is 577 g/mol. The van der Waals surface area contributed by atoms with Crippen LogP contribution in [0.3, 0.4) is 0 Å². The summed E-state index contributed by atoms with van der Waals surface area (Å²) >= 11 is 0. The van der Waals surface area contributed by atoms with E-state index in [1.54, 1.807) is 6.20 Å². The van der Waals surface area contributed by atoms with E-state index in [1.807, 2.05) is 30.5 Å². The van der Waals surface area contributed by atoms with Crippen molar-refractivity contribution in [3.05, 3.63) is 163 Å². The van der Waals surface area contributed by atoms with E-state index in [0.29, 0.717) is 0 Å². The molecule has 3 nitrogen and oxygen atoms in total. The highest BCUT2D eigenvalue weighted by atomic mass is 14.8. The molecule has 1 aliphatic carbocycles. The van der Waals surface area contributed by atoms with Gasteiger partial charge in [-0.15, -0.1) is 0 Å². The topological polar surface area (TPSA) is 38.7 Å². The Labute approximate surface area is 264 Å². The van der Waals surface area contributed by atoms with Crippen LogP contribution in [0.5, 0.6) is 0 Å². The molecule has 3 heteroatoms. The van der Waals surface area contributed by atoms with Crippen LogP contribution in [-0.2, 0) is 5.41 Å².